The standard InChI is InChI=1S/C13H18N4O3S/c1-14-8-11-5-12(9-15-11)21(18,19)17-7-10-3-4-13(20-2)16-6-10/h3-6,9,14-15,17H,7-8H2,1-2H3. The first-order chi connectivity index (χ1) is 10.0. The van der Waals surface area contributed by atoms with Gasteiger partial charge in [0, 0.05) is 37.2 Å². The predicted molar refractivity (Wildman–Crippen MR) is 78.4 cm³/mol. The van der Waals surface area contributed by atoms with Gasteiger partial charge in [-0.25, -0.2) is 18.1 Å². The molecule has 114 valence electrons. The molecule has 0 aliphatic carbocycles. The summed E-state index contributed by atoms with van der Waals surface area (Å²) in [7, 11) is -0.217. The van der Waals surface area contributed by atoms with Crippen molar-refractivity contribution in [3.63, 3.8) is 0 Å². The van der Waals surface area contributed by atoms with Gasteiger partial charge < -0.3 is 15.0 Å². The lowest BCUT2D eigenvalue weighted by Crippen LogP contribution is -2.22. The fourth-order valence-electron chi connectivity index (χ4n) is 1.76. The second-order valence-corrected chi connectivity index (χ2v) is 6.19. The molecule has 2 aromatic heterocycles. The third kappa shape index (κ3) is 4.03. The van der Waals surface area contributed by atoms with E-state index in [0.717, 1.165) is 11.3 Å². The molecule has 0 amide bonds. The van der Waals surface area contributed by atoms with E-state index in [4.69, 9.17) is 4.74 Å². The smallest absolute Gasteiger partial charge is 0.242 e. The van der Waals surface area contributed by atoms with Crippen molar-refractivity contribution in [3.8, 4) is 5.88 Å². The first-order valence-corrected chi connectivity index (χ1v) is 7.84. The molecule has 8 heteroatoms. The van der Waals surface area contributed by atoms with Crippen molar-refractivity contribution in [2.24, 2.45) is 0 Å². The highest BCUT2D eigenvalue weighted by molar-refractivity contribution is 7.89. The van der Waals surface area contributed by atoms with E-state index in [1.54, 1.807) is 31.4 Å². The lowest BCUT2D eigenvalue weighted by atomic mass is 10.3. The summed E-state index contributed by atoms with van der Waals surface area (Å²) in [5, 5.41) is 2.95. The minimum absolute atomic E-state index is 0.172. The zero-order valence-electron chi connectivity index (χ0n) is 11.9. The maximum atomic E-state index is 12.1. The summed E-state index contributed by atoms with van der Waals surface area (Å²) < 4.78 is 31.8. The fourth-order valence-corrected chi connectivity index (χ4v) is 2.80. The van der Waals surface area contributed by atoms with E-state index < -0.39 is 10.0 Å². The van der Waals surface area contributed by atoms with E-state index in [0.29, 0.717) is 12.4 Å². The number of hydrogen-bond donors (Lipinski definition) is 3. The van der Waals surface area contributed by atoms with Gasteiger partial charge in [0.2, 0.25) is 15.9 Å². The van der Waals surface area contributed by atoms with Crippen molar-refractivity contribution in [1.29, 1.82) is 0 Å². The van der Waals surface area contributed by atoms with Gasteiger partial charge in [0.25, 0.3) is 0 Å². The van der Waals surface area contributed by atoms with Crippen LogP contribution in [0.2, 0.25) is 0 Å². The largest absolute Gasteiger partial charge is 0.481 e. The van der Waals surface area contributed by atoms with E-state index in [1.807, 2.05) is 0 Å². The van der Waals surface area contributed by atoms with Crippen molar-refractivity contribution in [2.45, 2.75) is 18.0 Å². The van der Waals surface area contributed by atoms with Crippen LogP contribution in [0.4, 0.5) is 0 Å². The molecular formula is C13H18N4O3S. The van der Waals surface area contributed by atoms with Crippen LogP contribution in [0.3, 0.4) is 0 Å². The summed E-state index contributed by atoms with van der Waals surface area (Å²) in [4.78, 5) is 7.16. The lowest BCUT2D eigenvalue weighted by Gasteiger charge is -2.05. The Kier molecular flexibility index (Phi) is 4.94. The SMILES string of the molecule is CNCc1cc(S(=O)(=O)NCc2ccc(OC)nc2)c[nH]1. The average molecular weight is 310 g/mol. The quantitative estimate of drug-likeness (QED) is 0.696. The molecule has 0 spiro atoms. The van der Waals surface area contributed by atoms with E-state index in [-0.39, 0.29) is 11.4 Å². The molecule has 0 unspecified atom stereocenters. The number of sulfonamides is 1. The normalized spacial score (nSPS) is 11.5. The maximum Gasteiger partial charge on any atom is 0.242 e. The number of hydrogen-bond acceptors (Lipinski definition) is 5. The number of aromatic nitrogens is 2. The molecule has 0 fully saturated rings. The Hall–Kier alpha value is -1.90. The molecule has 21 heavy (non-hydrogen) atoms. The van der Waals surface area contributed by atoms with Gasteiger partial charge in [-0.15, -0.1) is 0 Å². The van der Waals surface area contributed by atoms with Crippen LogP contribution in [0, 0.1) is 0 Å². The highest BCUT2D eigenvalue weighted by Gasteiger charge is 2.15. The number of rotatable bonds is 7. The molecule has 0 aromatic carbocycles. The topological polar surface area (TPSA) is 96.1 Å². The van der Waals surface area contributed by atoms with Crippen molar-refractivity contribution in [3.05, 3.63) is 41.9 Å². The van der Waals surface area contributed by atoms with Crippen LogP contribution in [0.25, 0.3) is 0 Å². The zero-order valence-corrected chi connectivity index (χ0v) is 12.7. The maximum absolute atomic E-state index is 12.1. The number of nitrogens with one attached hydrogen (secondary N) is 3. The van der Waals surface area contributed by atoms with Gasteiger partial charge in [0.05, 0.1) is 12.0 Å². The number of aromatic amines is 1. The Morgan fingerprint density at radius 3 is 2.76 bits per heavy atom. The van der Waals surface area contributed by atoms with E-state index in [9.17, 15) is 8.42 Å². The van der Waals surface area contributed by atoms with Gasteiger partial charge in [-0.1, -0.05) is 6.07 Å². The summed E-state index contributed by atoms with van der Waals surface area (Å²) in [6, 6.07) is 5.05. The summed E-state index contributed by atoms with van der Waals surface area (Å²) in [5.74, 6) is 0.490. The minimum atomic E-state index is -3.54. The molecule has 0 bridgehead atoms. The Bertz CT molecular complexity index is 680. The third-order valence-corrected chi connectivity index (χ3v) is 4.25. The van der Waals surface area contributed by atoms with Crippen molar-refractivity contribution < 1.29 is 13.2 Å². The van der Waals surface area contributed by atoms with Crippen LogP contribution >= 0.6 is 0 Å². The first-order valence-electron chi connectivity index (χ1n) is 6.35. The second kappa shape index (κ2) is 6.70. The molecule has 3 N–H and O–H groups in total. The van der Waals surface area contributed by atoms with Crippen LogP contribution in [-0.4, -0.2) is 32.5 Å². The van der Waals surface area contributed by atoms with Crippen molar-refractivity contribution >= 4 is 10.0 Å². The summed E-state index contributed by atoms with van der Waals surface area (Å²) in [6.07, 6.45) is 3.05. The Morgan fingerprint density at radius 2 is 2.14 bits per heavy atom. The zero-order chi connectivity index (χ0) is 15.3. The first kappa shape index (κ1) is 15.5. The van der Waals surface area contributed by atoms with E-state index >= 15 is 0 Å². The van der Waals surface area contributed by atoms with Gasteiger partial charge in [-0.2, -0.15) is 0 Å². The minimum Gasteiger partial charge on any atom is -0.481 e. The second-order valence-electron chi connectivity index (χ2n) is 4.42. The highest BCUT2D eigenvalue weighted by atomic mass is 32.2. The Balaban J connectivity index is 2.02. The monoisotopic (exact) mass is 310 g/mol. The van der Waals surface area contributed by atoms with Crippen molar-refractivity contribution in [2.75, 3.05) is 14.2 Å². The van der Waals surface area contributed by atoms with Crippen LogP contribution in [-0.2, 0) is 23.1 Å². The molecule has 0 aliphatic heterocycles. The average Bonchev–Trinajstić information content (AvgIpc) is 2.96. The van der Waals surface area contributed by atoms with Gasteiger partial charge in [0.1, 0.15) is 0 Å². The number of methoxy groups -OCH3 is 1. The number of pyridine rings is 1. The number of H-pyrrole nitrogens is 1. The van der Waals surface area contributed by atoms with Crippen LogP contribution in [0.5, 0.6) is 5.88 Å². The summed E-state index contributed by atoms with van der Waals surface area (Å²) in [5.41, 5.74) is 1.56. The molecule has 2 rings (SSSR count). The Morgan fingerprint density at radius 1 is 1.33 bits per heavy atom. The van der Waals surface area contributed by atoms with Gasteiger partial charge in [-0.05, 0) is 18.7 Å². The van der Waals surface area contributed by atoms with Crippen LogP contribution in [0.15, 0.2) is 35.5 Å². The Labute approximate surface area is 123 Å². The number of nitrogens with zero attached hydrogens (tertiary/aromatic N) is 1. The third-order valence-electron chi connectivity index (χ3n) is 2.87. The van der Waals surface area contributed by atoms with Crippen molar-refractivity contribution in [1.82, 2.24) is 20.0 Å². The molecule has 0 aliphatic rings. The highest BCUT2D eigenvalue weighted by Crippen LogP contribution is 2.12. The lowest BCUT2D eigenvalue weighted by molar-refractivity contribution is 0.397. The molecule has 7 nitrogen and oxygen atoms in total. The van der Waals surface area contributed by atoms with Crippen LogP contribution < -0.4 is 14.8 Å². The van der Waals surface area contributed by atoms with Gasteiger partial charge in [0.15, 0.2) is 0 Å². The molecule has 0 atom stereocenters. The molecule has 2 aromatic rings. The molecule has 0 saturated heterocycles. The molecule has 2 heterocycles. The molecule has 0 radical (unpaired) electrons. The summed E-state index contributed by atoms with van der Waals surface area (Å²) >= 11 is 0. The predicted octanol–water partition coefficient (Wildman–Crippen LogP) is 0.616. The molecule has 0 saturated carbocycles. The molecular weight excluding hydrogens is 292 g/mol. The number of ether oxygens (including phenoxy) is 1. The van der Waals surface area contributed by atoms with Crippen LogP contribution in [0.1, 0.15) is 11.3 Å². The van der Waals surface area contributed by atoms with Gasteiger partial charge in [-0.3, -0.25) is 0 Å². The van der Waals surface area contributed by atoms with Gasteiger partial charge >= 0.3 is 0 Å². The summed E-state index contributed by atoms with van der Waals surface area (Å²) in [6.45, 7) is 0.754. The fraction of sp³-hybridized carbons (Fsp3) is 0.308. The van der Waals surface area contributed by atoms with E-state index in [1.165, 1.54) is 13.3 Å². The van der Waals surface area contributed by atoms with E-state index in [2.05, 4.69) is 20.0 Å².